The molecule has 1 aromatic heterocycles. The smallest absolute Gasteiger partial charge is 0.274 e. The number of nitrogens with zero attached hydrogens (tertiary/aromatic N) is 1. The SMILES string of the molecule is Cl.O=C(CC1CSCCN1)Nc1cccn(Cc2ccccc2)c1=O. The van der Waals surface area contributed by atoms with Crippen molar-refractivity contribution in [3.8, 4) is 0 Å². The molecule has 0 spiro atoms. The summed E-state index contributed by atoms with van der Waals surface area (Å²) in [4.78, 5) is 24.7. The third-order valence-corrected chi connectivity index (χ3v) is 5.05. The van der Waals surface area contributed by atoms with Gasteiger partial charge in [0.1, 0.15) is 5.69 Å². The number of hydrogen-bond donors (Lipinski definition) is 2. The summed E-state index contributed by atoms with van der Waals surface area (Å²) in [5.41, 5.74) is 1.20. The van der Waals surface area contributed by atoms with Gasteiger partial charge in [-0.25, -0.2) is 0 Å². The lowest BCUT2D eigenvalue weighted by Crippen LogP contribution is -2.40. The van der Waals surface area contributed by atoms with Crippen LogP contribution in [0.15, 0.2) is 53.5 Å². The molecule has 134 valence electrons. The van der Waals surface area contributed by atoms with E-state index in [9.17, 15) is 9.59 Å². The first-order valence-electron chi connectivity index (χ1n) is 8.07. The van der Waals surface area contributed by atoms with Gasteiger partial charge in [0.2, 0.25) is 5.91 Å². The molecular weight excluding hydrogens is 358 g/mol. The van der Waals surface area contributed by atoms with Crippen molar-refractivity contribution in [1.29, 1.82) is 0 Å². The summed E-state index contributed by atoms with van der Waals surface area (Å²) in [5, 5.41) is 6.09. The standard InChI is InChI=1S/C18H21N3O2S.ClH/c22-17(11-15-13-24-10-8-19-15)20-16-7-4-9-21(18(16)23)12-14-5-2-1-3-6-14;/h1-7,9,15,19H,8,10-13H2,(H,20,22);1H. The molecule has 1 unspecified atom stereocenters. The molecule has 2 N–H and O–H groups in total. The number of aromatic nitrogens is 1. The number of amides is 1. The van der Waals surface area contributed by atoms with Gasteiger partial charge in [0, 0.05) is 36.7 Å². The molecule has 7 heteroatoms. The van der Waals surface area contributed by atoms with Gasteiger partial charge < -0.3 is 15.2 Å². The van der Waals surface area contributed by atoms with Gasteiger partial charge in [0.25, 0.3) is 5.56 Å². The van der Waals surface area contributed by atoms with Gasteiger partial charge in [-0.2, -0.15) is 11.8 Å². The molecule has 2 aromatic rings. The van der Waals surface area contributed by atoms with Crippen LogP contribution in [-0.2, 0) is 11.3 Å². The molecule has 0 saturated carbocycles. The highest BCUT2D eigenvalue weighted by Crippen LogP contribution is 2.11. The van der Waals surface area contributed by atoms with Gasteiger partial charge in [0.05, 0.1) is 6.54 Å². The van der Waals surface area contributed by atoms with Gasteiger partial charge in [-0.3, -0.25) is 9.59 Å². The Morgan fingerprint density at radius 2 is 2.04 bits per heavy atom. The summed E-state index contributed by atoms with van der Waals surface area (Å²) in [6.07, 6.45) is 2.13. The number of thioether (sulfide) groups is 1. The molecule has 25 heavy (non-hydrogen) atoms. The fourth-order valence-corrected chi connectivity index (χ4v) is 3.66. The molecule has 1 atom stereocenters. The topological polar surface area (TPSA) is 63.1 Å². The van der Waals surface area contributed by atoms with Gasteiger partial charge in [-0.05, 0) is 17.7 Å². The molecule has 1 fully saturated rings. The van der Waals surface area contributed by atoms with Crippen molar-refractivity contribution in [3.05, 3.63) is 64.6 Å². The molecule has 1 aromatic carbocycles. The normalized spacial score (nSPS) is 16.7. The molecular formula is C18H22ClN3O2S. The second-order valence-electron chi connectivity index (χ2n) is 5.82. The second-order valence-corrected chi connectivity index (χ2v) is 6.97. The van der Waals surface area contributed by atoms with Crippen molar-refractivity contribution in [2.75, 3.05) is 23.4 Å². The lowest BCUT2D eigenvalue weighted by molar-refractivity contribution is -0.116. The van der Waals surface area contributed by atoms with E-state index < -0.39 is 0 Å². The highest BCUT2D eigenvalue weighted by atomic mass is 35.5. The second kappa shape index (κ2) is 9.65. The van der Waals surface area contributed by atoms with Gasteiger partial charge in [0.15, 0.2) is 0 Å². The van der Waals surface area contributed by atoms with E-state index in [1.54, 1.807) is 22.9 Å². The van der Waals surface area contributed by atoms with Gasteiger partial charge >= 0.3 is 0 Å². The Bertz CT molecular complexity index is 745. The van der Waals surface area contributed by atoms with Gasteiger partial charge in [-0.15, -0.1) is 12.4 Å². The lowest BCUT2D eigenvalue weighted by Gasteiger charge is -2.22. The van der Waals surface area contributed by atoms with E-state index in [0.29, 0.717) is 18.7 Å². The number of carbonyl (C=O) groups excluding carboxylic acids is 1. The predicted octanol–water partition coefficient (Wildman–Crippen LogP) is 2.35. The minimum Gasteiger partial charge on any atom is -0.321 e. The third-order valence-electron chi connectivity index (χ3n) is 3.92. The summed E-state index contributed by atoms with van der Waals surface area (Å²) in [5.74, 6) is 1.89. The highest BCUT2D eigenvalue weighted by Gasteiger charge is 2.17. The Kier molecular flexibility index (Phi) is 7.55. The first kappa shape index (κ1) is 19.6. The fraction of sp³-hybridized carbons (Fsp3) is 0.333. The Morgan fingerprint density at radius 1 is 1.24 bits per heavy atom. The van der Waals surface area contributed by atoms with Gasteiger partial charge in [-0.1, -0.05) is 30.3 Å². The third kappa shape index (κ3) is 5.63. The van der Waals surface area contributed by atoms with Crippen molar-refractivity contribution in [2.45, 2.75) is 19.0 Å². The molecule has 2 heterocycles. The molecule has 1 aliphatic rings. The maximum absolute atomic E-state index is 12.5. The molecule has 1 amide bonds. The highest BCUT2D eigenvalue weighted by molar-refractivity contribution is 7.99. The number of halogens is 1. The fourth-order valence-electron chi connectivity index (χ4n) is 2.71. The van der Waals surface area contributed by atoms with Crippen molar-refractivity contribution >= 4 is 35.8 Å². The summed E-state index contributed by atoms with van der Waals surface area (Å²) in [6.45, 7) is 1.42. The molecule has 0 aliphatic carbocycles. The summed E-state index contributed by atoms with van der Waals surface area (Å²) in [7, 11) is 0. The van der Waals surface area contributed by atoms with E-state index in [1.165, 1.54) is 0 Å². The number of benzene rings is 1. The Balaban J connectivity index is 0.00000225. The quantitative estimate of drug-likeness (QED) is 0.837. The number of pyridine rings is 1. The maximum Gasteiger partial charge on any atom is 0.274 e. The van der Waals surface area contributed by atoms with Crippen LogP contribution in [0.1, 0.15) is 12.0 Å². The number of carbonyl (C=O) groups is 1. The Labute approximate surface area is 157 Å². The van der Waals surface area contributed by atoms with E-state index in [-0.39, 0.29) is 29.9 Å². The molecule has 1 aliphatic heterocycles. The molecule has 5 nitrogen and oxygen atoms in total. The average Bonchev–Trinajstić information content (AvgIpc) is 2.60. The predicted molar refractivity (Wildman–Crippen MR) is 106 cm³/mol. The summed E-state index contributed by atoms with van der Waals surface area (Å²) < 4.78 is 1.61. The number of rotatable bonds is 5. The lowest BCUT2D eigenvalue weighted by atomic mass is 10.2. The van der Waals surface area contributed by atoms with E-state index >= 15 is 0 Å². The number of nitrogens with one attached hydrogen (secondary N) is 2. The van der Waals surface area contributed by atoms with E-state index in [0.717, 1.165) is 23.6 Å². The summed E-state index contributed by atoms with van der Waals surface area (Å²) in [6, 6.07) is 13.4. The monoisotopic (exact) mass is 379 g/mol. The van der Waals surface area contributed by atoms with Crippen LogP contribution in [0, 0.1) is 0 Å². The van der Waals surface area contributed by atoms with Crippen LogP contribution >= 0.6 is 24.2 Å². The first-order chi connectivity index (χ1) is 11.7. The summed E-state index contributed by atoms with van der Waals surface area (Å²) >= 11 is 1.85. The van der Waals surface area contributed by atoms with E-state index in [2.05, 4.69) is 10.6 Å². The molecule has 3 rings (SSSR count). The van der Waals surface area contributed by atoms with Crippen molar-refractivity contribution in [1.82, 2.24) is 9.88 Å². The minimum atomic E-state index is -0.180. The van der Waals surface area contributed by atoms with Crippen molar-refractivity contribution in [2.24, 2.45) is 0 Å². The molecule has 0 radical (unpaired) electrons. The van der Waals surface area contributed by atoms with Crippen molar-refractivity contribution in [3.63, 3.8) is 0 Å². The molecule has 0 bridgehead atoms. The van der Waals surface area contributed by atoms with Crippen LogP contribution < -0.4 is 16.2 Å². The Hall–Kier alpha value is -1.76. The maximum atomic E-state index is 12.5. The van der Waals surface area contributed by atoms with Crippen LogP contribution in [0.2, 0.25) is 0 Å². The van der Waals surface area contributed by atoms with Crippen LogP contribution in [0.5, 0.6) is 0 Å². The zero-order valence-electron chi connectivity index (χ0n) is 13.8. The number of hydrogen-bond acceptors (Lipinski definition) is 4. The van der Waals surface area contributed by atoms with Crippen LogP contribution in [0.4, 0.5) is 5.69 Å². The zero-order valence-corrected chi connectivity index (χ0v) is 15.4. The average molecular weight is 380 g/mol. The van der Waals surface area contributed by atoms with Crippen LogP contribution in [-0.4, -0.2) is 34.6 Å². The number of anilines is 1. The van der Waals surface area contributed by atoms with E-state index in [4.69, 9.17) is 0 Å². The Morgan fingerprint density at radius 3 is 2.76 bits per heavy atom. The van der Waals surface area contributed by atoms with Crippen LogP contribution in [0.25, 0.3) is 0 Å². The van der Waals surface area contributed by atoms with Crippen LogP contribution in [0.3, 0.4) is 0 Å². The van der Waals surface area contributed by atoms with E-state index in [1.807, 2.05) is 42.1 Å². The largest absolute Gasteiger partial charge is 0.321 e. The molecule has 1 saturated heterocycles. The van der Waals surface area contributed by atoms with Crippen molar-refractivity contribution < 1.29 is 4.79 Å². The zero-order chi connectivity index (χ0) is 16.8. The first-order valence-corrected chi connectivity index (χ1v) is 9.22. The minimum absolute atomic E-state index is 0.